The molecule has 2 rings (SSSR count). The van der Waals surface area contributed by atoms with Crippen LogP contribution in [0.5, 0.6) is 0 Å². The summed E-state index contributed by atoms with van der Waals surface area (Å²) in [6.45, 7) is 3.79. The normalized spacial score (nSPS) is 11.5. The van der Waals surface area contributed by atoms with E-state index in [-0.39, 0.29) is 11.4 Å². The summed E-state index contributed by atoms with van der Waals surface area (Å²) in [7, 11) is -3.71. The third kappa shape index (κ3) is 4.52. The van der Waals surface area contributed by atoms with Crippen LogP contribution in [-0.4, -0.2) is 41.3 Å². The van der Waals surface area contributed by atoms with Gasteiger partial charge in [0.1, 0.15) is 12.4 Å². The molecule has 0 aromatic carbocycles. The lowest BCUT2D eigenvalue weighted by atomic mass is 10.4. The Hall–Kier alpha value is -2.52. The van der Waals surface area contributed by atoms with Gasteiger partial charge in [-0.3, -0.25) is 9.59 Å². The highest BCUT2D eigenvalue weighted by Crippen LogP contribution is 2.13. The lowest BCUT2D eigenvalue weighted by Gasteiger charge is -2.19. The quantitative estimate of drug-likeness (QED) is 0.787. The number of carbonyl (C=O) groups is 1. The molecule has 1 amide bonds. The molecular formula is C16H20N4O4S. The average Bonchev–Trinajstić information content (AvgIpc) is 2.58. The number of amides is 1. The molecule has 0 spiro atoms. The van der Waals surface area contributed by atoms with E-state index >= 15 is 0 Å². The molecule has 0 bridgehead atoms. The molecule has 0 aliphatic heterocycles. The second kappa shape index (κ2) is 8.04. The third-order valence-corrected chi connectivity index (χ3v) is 5.58. The summed E-state index contributed by atoms with van der Waals surface area (Å²) in [6.07, 6.45) is 2.72. The summed E-state index contributed by atoms with van der Waals surface area (Å²) in [5.74, 6) is -0.120. The minimum Gasteiger partial charge on any atom is -0.309 e. The first-order chi connectivity index (χ1) is 11.9. The van der Waals surface area contributed by atoms with Crippen LogP contribution in [0.15, 0.2) is 52.4 Å². The zero-order chi connectivity index (χ0) is 18.4. The zero-order valence-electron chi connectivity index (χ0n) is 14.0. The Morgan fingerprint density at radius 3 is 2.52 bits per heavy atom. The Bertz CT molecular complexity index is 890. The molecule has 0 fully saturated rings. The van der Waals surface area contributed by atoms with Gasteiger partial charge in [-0.1, -0.05) is 19.9 Å². The molecule has 1 N–H and O–H groups in total. The van der Waals surface area contributed by atoms with Gasteiger partial charge < -0.3 is 9.88 Å². The van der Waals surface area contributed by atoms with Crippen molar-refractivity contribution in [1.29, 1.82) is 0 Å². The SMILES string of the molecule is CCN(CC)S(=O)(=O)c1ccc(=O)n(CC(=O)Nc2ccccn2)c1. The molecule has 0 unspecified atom stereocenters. The van der Waals surface area contributed by atoms with E-state index in [0.717, 1.165) is 10.6 Å². The molecule has 0 saturated carbocycles. The van der Waals surface area contributed by atoms with Gasteiger partial charge in [-0.25, -0.2) is 13.4 Å². The number of hydrogen-bond donors (Lipinski definition) is 1. The lowest BCUT2D eigenvalue weighted by molar-refractivity contribution is -0.116. The molecule has 0 radical (unpaired) electrons. The minimum absolute atomic E-state index is 0.0264. The Labute approximate surface area is 146 Å². The third-order valence-electron chi connectivity index (χ3n) is 3.55. The smallest absolute Gasteiger partial charge is 0.251 e. The first-order valence-corrected chi connectivity index (χ1v) is 9.24. The van der Waals surface area contributed by atoms with Crippen molar-refractivity contribution < 1.29 is 13.2 Å². The van der Waals surface area contributed by atoms with Gasteiger partial charge in [-0.05, 0) is 18.2 Å². The van der Waals surface area contributed by atoms with Gasteiger partial charge >= 0.3 is 0 Å². The maximum Gasteiger partial charge on any atom is 0.251 e. The molecule has 0 saturated heterocycles. The van der Waals surface area contributed by atoms with Crippen molar-refractivity contribution in [1.82, 2.24) is 13.9 Å². The van der Waals surface area contributed by atoms with Crippen LogP contribution in [0.4, 0.5) is 5.82 Å². The summed E-state index contributed by atoms with van der Waals surface area (Å²) in [5.41, 5.74) is -0.463. The maximum absolute atomic E-state index is 12.5. The topological polar surface area (TPSA) is 101 Å². The number of nitrogens with one attached hydrogen (secondary N) is 1. The van der Waals surface area contributed by atoms with E-state index in [2.05, 4.69) is 10.3 Å². The Morgan fingerprint density at radius 2 is 1.92 bits per heavy atom. The van der Waals surface area contributed by atoms with Crippen LogP contribution in [0.1, 0.15) is 13.8 Å². The minimum atomic E-state index is -3.71. The molecule has 25 heavy (non-hydrogen) atoms. The molecule has 2 aromatic heterocycles. The Balaban J connectivity index is 2.25. The molecular weight excluding hydrogens is 344 g/mol. The standard InChI is InChI=1S/C16H20N4O4S/c1-3-20(4-2)25(23,24)13-8-9-16(22)19(11-13)12-15(21)18-14-7-5-6-10-17-14/h5-11H,3-4,12H2,1-2H3,(H,17,18,21). The second-order valence-electron chi connectivity index (χ2n) is 5.18. The molecule has 0 aliphatic rings. The lowest BCUT2D eigenvalue weighted by Crippen LogP contribution is -2.33. The van der Waals surface area contributed by atoms with Crippen molar-refractivity contribution >= 4 is 21.7 Å². The van der Waals surface area contributed by atoms with E-state index in [1.165, 1.54) is 22.8 Å². The van der Waals surface area contributed by atoms with E-state index in [1.807, 2.05) is 0 Å². The molecule has 2 heterocycles. The molecule has 2 aromatic rings. The predicted octanol–water partition coefficient (Wildman–Crippen LogP) is 0.912. The van der Waals surface area contributed by atoms with Crippen molar-refractivity contribution in [2.45, 2.75) is 25.3 Å². The molecule has 9 heteroatoms. The van der Waals surface area contributed by atoms with Gasteiger partial charge in [0, 0.05) is 31.5 Å². The number of sulfonamides is 1. The first kappa shape index (κ1) is 18.8. The van der Waals surface area contributed by atoms with Crippen LogP contribution in [0.25, 0.3) is 0 Å². The number of hydrogen-bond acceptors (Lipinski definition) is 5. The Kier molecular flexibility index (Phi) is 6.05. The van der Waals surface area contributed by atoms with Crippen LogP contribution in [-0.2, 0) is 21.4 Å². The summed E-state index contributed by atoms with van der Waals surface area (Å²) in [4.78, 5) is 28.0. The van der Waals surface area contributed by atoms with Gasteiger partial charge in [0.05, 0.1) is 4.90 Å². The summed E-state index contributed by atoms with van der Waals surface area (Å²) in [5, 5.41) is 2.55. The first-order valence-electron chi connectivity index (χ1n) is 7.80. The van der Waals surface area contributed by atoms with E-state index < -0.39 is 21.5 Å². The fourth-order valence-corrected chi connectivity index (χ4v) is 3.75. The Morgan fingerprint density at radius 1 is 1.20 bits per heavy atom. The van der Waals surface area contributed by atoms with Crippen LogP contribution in [0.2, 0.25) is 0 Å². The van der Waals surface area contributed by atoms with E-state index in [1.54, 1.807) is 32.0 Å². The number of nitrogens with zero attached hydrogens (tertiary/aromatic N) is 3. The van der Waals surface area contributed by atoms with Crippen molar-refractivity contribution in [3.05, 3.63) is 53.1 Å². The second-order valence-corrected chi connectivity index (χ2v) is 7.12. The van der Waals surface area contributed by atoms with Gasteiger partial charge in [-0.2, -0.15) is 4.31 Å². The average molecular weight is 364 g/mol. The maximum atomic E-state index is 12.5. The van der Waals surface area contributed by atoms with Crippen molar-refractivity contribution in [2.24, 2.45) is 0 Å². The number of anilines is 1. The summed E-state index contributed by atoms with van der Waals surface area (Å²) in [6, 6.07) is 7.43. The van der Waals surface area contributed by atoms with Gasteiger partial charge in [-0.15, -0.1) is 0 Å². The van der Waals surface area contributed by atoms with Crippen molar-refractivity contribution in [2.75, 3.05) is 18.4 Å². The van der Waals surface area contributed by atoms with E-state index in [4.69, 9.17) is 0 Å². The number of pyridine rings is 2. The molecule has 8 nitrogen and oxygen atoms in total. The van der Waals surface area contributed by atoms with Crippen LogP contribution >= 0.6 is 0 Å². The highest BCUT2D eigenvalue weighted by atomic mass is 32.2. The number of carbonyl (C=O) groups excluding carboxylic acids is 1. The van der Waals surface area contributed by atoms with Crippen molar-refractivity contribution in [3.8, 4) is 0 Å². The monoisotopic (exact) mass is 364 g/mol. The molecule has 134 valence electrons. The van der Waals surface area contributed by atoms with Crippen molar-refractivity contribution in [3.63, 3.8) is 0 Å². The highest BCUT2D eigenvalue weighted by Gasteiger charge is 2.22. The van der Waals surface area contributed by atoms with E-state index in [9.17, 15) is 18.0 Å². The highest BCUT2D eigenvalue weighted by molar-refractivity contribution is 7.89. The largest absolute Gasteiger partial charge is 0.309 e. The number of rotatable bonds is 7. The van der Waals surface area contributed by atoms with Gasteiger partial charge in [0.15, 0.2) is 0 Å². The number of aromatic nitrogens is 2. The van der Waals surface area contributed by atoms with Crippen LogP contribution in [0.3, 0.4) is 0 Å². The van der Waals surface area contributed by atoms with Gasteiger partial charge in [0.2, 0.25) is 15.9 Å². The summed E-state index contributed by atoms with van der Waals surface area (Å²) < 4.78 is 27.4. The fourth-order valence-electron chi connectivity index (χ4n) is 2.27. The fraction of sp³-hybridized carbons (Fsp3) is 0.312. The molecule has 0 atom stereocenters. The van der Waals surface area contributed by atoms with E-state index in [0.29, 0.717) is 18.9 Å². The molecule has 0 aliphatic carbocycles. The van der Waals surface area contributed by atoms with Crippen LogP contribution < -0.4 is 10.9 Å². The predicted molar refractivity (Wildman–Crippen MR) is 93.7 cm³/mol. The summed E-state index contributed by atoms with van der Waals surface area (Å²) >= 11 is 0. The zero-order valence-corrected chi connectivity index (χ0v) is 14.9. The van der Waals surface area contributed by atoms with Crippen LogP contribution in [0, 0.1) is 0 Å². The van der Waals surface area contributed by atoms with Gasteiger partial charge in [0.25, 0.3) is 5.56 Å².